The maximum atomic E-state index is 11.2. The molecule has 0 atom stereocenters. The third kappa shape index (κ3) is 4.06. The van der Waals surface area contributed by atoms with Crippen LogP contribution >= 0.6 is 0 Å². The molecular formula is C26H20N4O2. The fraction of sp³-hybridized carbons (Fsp3) is 0.0385. The number of hydrogen-bond acceptors (Lipinski definition) is 4. The number of hydrogen-bond donors (Lipinski definition) is 2. The zero-order valence-electron chi connectivity index (χ0n) is 17.4. The molecular weight excluding hydrogens is 400 g/mol. The summed E-state index contributed by atoms with van der Waals surface area (Å²) in [5, 5.41) is 15.2. The Balaban J connectivity index is 1.42. The molecule has 0 aliphatic rings. The van der Waals surface area contributed by atoms with Crippen molar-refractivity contribution in [2.45, 2.75) is 6.92 Å². The highest BCUT2D eigenvalue weighted by Gasteiger charge is 2.10. The van der Waals surface area contributed by atoms with Crippen LogP contribution in [0.25, 0.3) is 45.0 Å². The second kappa shape index (κ2) is 8.35. The van der Waals surface area contributed by atoms with Gasteiger partial charge < -0.3 is 4.74 Å². The fourth-order valence-electron chi connectivity index (χ4n) is 3.58. The largest absolute Gasteiger partial charge is 0.427 e. The van der Waals surface area contributed by atoms with Crippen molar-refractivity contribution in [2.75, 3.05) is 0 Å². The lowest BCUT2D eigenvalue weighted by molar-refractivity contribution is -0.131. The number of esters is 1. The molecule has 156 valence electrons. The van der Waals surface area contributed by atoms with Crippen LogP contribution in [0.1, 0.15) is 6.92 Å². The number of aromatic nitrogens is 4. The second-order valence-electron chi connectivity index (χ2n) is 7.40. The first kappa shape index (κ1) is 19.5. The van der Waals surface area contributed by atoms with Crippen molar-refractivity contribution in [1.29, 1.82) is 0 Å². The summed E-state index contributed by atoms with van der Waals surface area (Å²) in [6, 6.07) is 29.6. The van der Waals surface area contributed by atoms with E-state index in [1.54, 1.807) is 6.07 Å². The number of carbonyl (C=O) groups is 1. The van der Waals surface area contributed by atoms with Gasteiger partial charge >= 0.3 is 5.97 Å². The van der Waals surface area contributed by atoms with Crippen molar-refractivity contribution in [1.82, 2.24) is 20.4 Å². The molecule has 5 rings (SSSR count). The molecule has 6 nitrogen and oxygen atoms in total. The lowest BCUT2D eigenvalue weighted by atomic mass is 10.0. The average Bonchev–Trinajstić information content (AvgIpc) is 3.50. The highest BCUT2D eigenvalue weighted by atomic mass is 16.5. The smallest absolute Gasteiger partial charge is 0.308 e. The zero-order chi connectivity index (χ0) is 21.9. The monoisotopic (exact) mass is 420 g/mol. The van der Waals surface area contributed by atoms with E-state index in [0.717, 1.165) is 45.0 Å². The van der Waals surface area contributed by atoms with Gasteiger partial charge in [0.15, 0.2) is 0 Å². The van der Waals surface area contributed by atoms with Crippen LogP contribution in [0.4, 0.5) is 0 Å². The summed E-state index contributed by atoms with van der Waals surface area (Å²) in [5.41, 5.74) is 7.46. The van der Waals surface area contributed by atoms with Gasteiger partial charge in [0.05, 0.1) is 22.8 Å². The summed E-state index contributed by atoms with van der Waals surface area (Å²) < 4.78 is 5.18. The maximum Gasteiger partial charge on any atom is 0.308 e. The molecule has 0 aliphatic heterocycles. The number of aromatic amines is 2. The Morgan fingerprint density at radius 3 is 1.88 bits per heavy atom. The van der Waals surface area contributed by atoms with Crippen LogP contribution in [0.15, 0.2) is 91.0 Å². The molecule has 6 heteroatoms. The first-order valence-electron chi connectivity index (χ1n) is 10.2. The molecule has 0 saturated heterocycles. The molecule has 0 spiro atoms. The van der Waals surface area contributed by atoms with Gasteiger partial charge in [0.1, 0.15) is 5.75 Å². The highest BCUT2D eigenvalue weighted by Crippen LogP contribution is 2.30. The number of carbonyl (C=O) groups excluding carboxylic acids is 1. The molecule has 0 radical (unpaired) electrons. The Morgan fingerprint density at radius 2 is 1.22 bits per heavy atom. The molecule has 2 heterocycles. The lowest BCUT2D eigenvalue weighted by Crippen LogP contribution is -2.01. The van der Waals surface area contributed by atoms with E-state index in [2.05, 4.69) is 38.6 Å². The Hall–Kier alpha value is -4.45. The lowest BCUT2D eigenvalue weighted by Gasteiger charge is -2.03. The minimum Gasteiger partial charge on any atom is -0.427 e. The molecule has 0 saturated carbocycles. The molecule has 0 fully saturated rings. The molecule has 0 bridgehead atoms. The van der Waals surface area contributed by atoms with E-state index >= 15 is 0 Å². The van der Waals surface area contributed by atoms with E-state index in [4.69, 9.17) is 4.74 Å². The molecule has 0 amide bonds. The van der Waals surface area contributed by atoms with Crippen LogP contribution in [-0.2, 0) is 4.79 Å². The van der Waals surface area contributed by atoms with E-state index in [-0.39, 0.29) is 5.97 Å². The topological polar surface area (TPSA) is 83.7 Å². The van der Waals surface area contributed by atoms with Crippen molar-refractivity contribution < 1.29 is 9.53 Å². The number of nitrogens with zero attached hydrogens (tertiary/aromatic N) is 2. The maximum absolute atomic E-state index is 11.2. The van der Waals surface area contributed by atoms with E-state index in [9.17, 15) is 4.79 Å². The quantitative estimate of drug-likeness (QED) is 0.281. The van der Waals surface area contributed by atoms with Gasteiger partial charge in [0.25, 0.3) is 0 Å². The highest BCUT2D eigenvalue weighted by molar-refractivity contribution is 5.75. The molecule has 5 aromatic rings. The molecule has 0 unspecified atom stereocenters. The summed E-state index contributed by atoms with van der Waals surface area (Å²) in [5.74, 6) is 0.152. The first-order valence-corrected chi connectivity index (χ1v) is 10.2. The van der Waals surface area contributed by atoms with Crippen LogP contribution in [0.3, 0.4) is 0 Å². The van der Waals surface area contributed by atoms with Crippen molar-refractivity contribution in [3.63, 3.8) is 0 Å². The van der Waals surface area contributed by atoms with Gasteiger partial charge in [-0.1, -0.05) is 60.7 Å². The van der Waals surface area contributed by atoms with E-state index in [0.29, 0.717) is 5.75 Å². The Morgan fingerprint density at radius 1 is 0.656 bits per heavy atom. The van der Waals surface area contributed by atoms with Crippen LogP contribution in [-0.4, -0.2) is 26.4 Å². The SMILES string of the molecule is CC(=O)Oc1cccc(-c2cc(-c3cccc(-c4cc(-c5ccccc5)[nH]n4)c3)n[nH]2)c1. The molecule has 0 aliphatic carbocycles. The number of rotatable bonds is 5. The number of benzene rings is 3. The zero-order valence-corrected chi connectivity index (χ0v) is 17.4. The Bertz CT molecular complexity index is 1390. The molecule has 2 aromatic heterocycles. The van der Waals surface area contributed by atoms with Crippen molar-refractivity contribution in [3.8, 4) is 50.8 Å². The van der Waals surface area contributed by atoms with Crippen molar-refractivity contribution in [3.05, 3.63) is 91.0 Å². The summed E-state index contributed by atoms with van der Waals surface area (Å²) in [7, 11) is 0. The molecule has 32 heavy (non-hydrogen) atoms. The summed E-state index contributed by atoms with van der Waals surface area (Å²) >= 11 is 0. The third-order valence-corrected chi connectivity index (χ3v) is 5.10. The predicted molar refractivity (Wildman–Crippen MR) is 124 cm³/mol. The third-order valence-electron chi connectivity index (χ3n) is 5.10. The van der Waals surface area contributed by atoms with Crippen LogP contribution in [0.5, 0.6) is 5.75 Å². The van der Waals surface area contributed by atoms with Crippen LogP contribution in [0, 0.1) is 0 Å². The van der Waals surface area contributed by atoms with Gasteiger partial charge in [0, 0.05) is 23.6 Å². The van der Waals surface area contributed by atoms with Crippen LogP contribution < -0.4 is 4.74 Å². The summed E-state index contributed by atoms with van der Waals surface area (Å²) in [6.45, 7) is 1.39. The van der Waals surface area contributed by atoms with Crippen molar-refractivity contribution in [2.24, 2.45) is 0 Å². The van der Waals surface area contributed by atoms with Gasteiger partial charge in [-0.25, -0.2) is 0 Å². The fourth-order valence-corrected chi connectivity index (χ4v) is 3.58. The van der Waals surface area contributed by atoms with E-state index in [1.165, 1.54) is 6.92 Å². The van der Waals surface area contributed by atoms with Crippen LogP contribution in [0.2, 0.25) is 0 Å². The first-order chi connectivity index (χ1) is 15.7. The van der Waals surface area contributed by atoms with Crippen molar-refractivity contribution >= 4 is 5.97 Å². The standard InChI is InChI=1S/C26H20N4O2/c1-17(31)32-22-12-6-11-21(14-22)26-16-25(29-30-26)20-10-5-9-19(13-20)24-15-23(27-28-24)18-7-3-2-4-8-18/h2-16H,1H3,(H,27,28)(H,29,30). The predicted octanol–water partition coefficient (Wildman–Crippen LogP) is 5.73. The second-order valence-corrected chi connectivity index (χ2v) is 7.40. The minimum atomic E-state index is -0.349. The normalized spacial score (nSPS) is 10.8. The van der Waals surface area contributed by atoms with E-state index < -0.39 is 0 Å². The van der Waals surface area contributed by atoms with E-state index in [1.807, 2.05) is 66.7 Å². The number of H-pyrrole nitrogens is 2. The van der Waals surface area contributed by atoms with Gasteiger partial charge in [0.2, 0.25) is 0 Å². The molecule has 2 N–H and O–H groups in total. The molecule has 3 aromatic carbocycles. The van der Waals surface area contributed by atoms with Gasteiger partial charge in [-0.3, -0.25) is 15.0 Å². The Kier molecular flexibility index (Phi) is 5.09. The Labute approximate surface area is 184 Å². The van der Waals surface area contributed by atoms with Gasteiger partial charge in [-0.2, -0.15) is 10.2 Å². The van der Waals surface area contributed by atoms with Gasteiger partial charge in [-0.15, -0.1) is 0 Å². The summed E-state index contributed by atoms with van der Waals surface area (Å²) in [6.07, 6.45) is 0. The van der Waals surface area contributed by atoms with Gasteiger partial charge in [-0.05, 0) is 35.9 Å². The minimum absolute atomic E-state index is 0.349. The average molecular weight is 420 g/mol. The number of ether oxygens (including phenoxy) is 1. The summed E-state index contributed by atoms with van der Waals surface area (Å²) in [4.78, 5) is 11.2. The number of nitrogens with one attached hydrogen (secondary N) is 2.